The summed E-state index contributed by atoms with van der Waals surface area (Å²) >= 11 is 9.64. The van der Waals surface area contributed by atoms with Gasteiger partial charge in [-0.2, -0.15) is 5.10 Å². The van der Waals surface area contributed by atoms with Crippen LogP contribution in [0.2, 0.25) is 5.02 Å². The van der Waals surface area contributed by atoms with Crippen molar-refractivity contribution in [2.24, 2.45) is 0 Å². The summed E-state index contributed by atoms with van der Waals surface area (Å²) in [6.07, 6.45) is 3.19. The van der Waals surface area contributed by atoms with Crippen LogP contribution in [0.4, 0.5) is 5.69 Å². The molecular weight excluding hydrogens is 352 g/mol. The third kappa shape index (κ3) is 3.25. The summed E-state index contributed by atoms with van der Waals surface area (Å²) in [5, 5.41) is 8.29. The molecule has 0 fully saturated rings. The van der Waals surface area contributed by atoms with Crippen LogP contribution in [0.3, 0.4) is 0 Å². The van der Waals surface area contributed by atoms with Crippen LogP contribution in [0.1, 0.15) is 5.56 Å². The fraction of sp³-hybridized carbons (Fsp3) is 0.0667. The number of benzene rings is 2. The summed E-state index contributed by atoms with van der Waals surface area (Å²) in [6, 6.07) is 13.8. The van der Waals surface area contributed by atoms with Gasteiger partial charge in [-0.25, -0.2) is 9.67 Å². The molecule has 2 aromatic carbocycles. The van der Waals surface area contributed by atoms with Crippen molar-refractivity contribution in [1.29, 1.82) is 0 Å². The van der Waals surface area contributed by atoms with Crippen LogP contribution in [-0.2, 0) is 6.54 Å². The van der Waals surface area contributed by atoms with Gasteiger partial charge in [0, 0.05) is 16.0 Å². The summed E-state index contributed by atoms with van der Waals surface area (Å²) in [7, 11) is 0. The molecule has 3 rings (SSSR count). The number of rotatable bonds is 4. The Kier molecular flexibility index (Phi) is 4.22. The van der Waals surface area contributed by atoms with E-state index in [0.717, 1.165) is 26.4 Å². The van der Waals surface area contributed by atoms with Crippen molar-refractivity contribution in [3.8, 4) is 5.69 Å². The molecule has 0 atom stereocenters. The van der Waals surface area contributed by atoms with Crippen LogP contribution in [-0.4, -0.2) is 14.8 Å². The molecular formula is C15H12BrClN4. The maximum atomic E-state index is 6.24. The first kappa shape index (κ1) is 14.1. The molecule has 3 aromatic rings. The van der Waals surface area contributed by atoms with E-state index in [1.807, 2.05) is 42.5 Å². The molecule has 0 saturated carbocycles. The molecule has 0 spiro atoms. The van der Waals surface area contributed by atoms with Gasteiger partial charge in [-0.3, -0.25) is 0 Å². The number of nitrogens with zero attached hydrogens (tertiary/aromatic N) is 3. The number of anilines is 1. The van der Waals surface area contributed by atoms with Gasteiger partial charge in [0.15, 0.2) is 0 Å². The molecule has 106 valence electrons. The predicted octanol–water partition coefficient (Wildman–Crippen LogP) is 4.30. The van der Waals surface area contributed by atoms with Gasteiger partial charge in [-0.1, -0.05) is 45.7 Å². The Hall–Kier alpha value is -1.85. The normalized spacial score (nSPS) is 10.6. The van der Waals surface area contributed by atoms with E-state index < -0.39 is 0 Å². The second kappa shape index (κ2) is 6.28. The molecule has 4 nitrogen and oxygen atoms in total. The first-order valence-electron chi connectivity index (χ1n) is 6.36. The highest BCUT2D eigenvalue weighted by molar-refractivity contribution is 9.10. The van der Waals surface area contributed by atoms with Crippen molar-refractivity contribution in [3.63, 3.8) is 0 Å². The molecule has 1 aromatic heterocycles. The Labute approximate surface area is 135 Å². The molecule has 0 unspecified atom stereocenters. The molecule has 1 heterocycles. The van der Waals surface area contributed by atoms with Crippen LogP contribution in [0.5, 0.6) is 0 Å². The van der Waals surface area contributed by atoms with E-state index in [1.165, 1.54) is 6.33 Å². The van der Waals surface area contributed by atoms with Gasteiger partial charge in [-0.15, -0.1) is 0 Å². The van der Waals surface area contributed by atoms with Gasteiger partial charge < -0.3 is 5.32 Å². The Balaban J connectivity index is 1.83. The molecule has 0 bridgehead atoms. The fourth-order valence-electron chi connectivity index (χ4n) is 2.01. The summed E-state index contributed by atoms with van der Waals surface area (Å²) in [4.78, 5) is 3.98. The molecule has 0 radical (unpaired) electrons. The minimum absolute atomic E-state index is 0.637. The first-order chi connectivity index (χ1) is 10.2. The Morgan fingerprint density at radius 3 is 2.81 bits per heavy atom. The van der Waals surface area contributed by atoms with Gasteiger partial charge in [0.05, 0.1) is 11.4 Å². The third-order valence-electron chi connectivity index (χ3n) is 3.05. The van der Waals surface area contributed by atoms with E-state index in [1.54, 1.807) is 11.0 Å². The monoisotopic (exact) mass is 362 g/mol. The number of para-hydroxylation sites is 2. The Morgan fingerprint density at radius 2 is 2.05 bits per heavy atom. The molecule has 0 saturated heterocycles. The lowest BCUT2D eigenvalue weighted by atomic mass is 10.2. The maximum Gasteiger partial charge on any atom is 0.138 e. The highest BCUT2D eigenvalue weighted by Crippen LogP contribution is 2.24. The van der Waals surface area contributed by atoms with Gasteiger partial charge in [0.2, 0.25) is 0 Å². The first-order valence-corrected chi connectivity index (χ1v) is 7.53. The standard InChI is InChI=1S/C15H12BrClN4/c16-12-6-5-11(13(17)7-12)8-19-14-3-1-2-4-15(14)21-10-18-9-20-21/h1-7,9-10,19H,8H2. The van der Waals surface area contributed by atoms with Crippen LogP contribution < -0.4 is 5.32 Å². The molecule has 1 N–H and O–H groups in total. The topological polar surface area (TPSA) is 42.7 Å². The van der Waals surface area contributed by atoms with E-state index in [2.05, 4.69) is 31.3 Å². The lowest BCUT2D eigenvalue weighted by Crippen LogP contribution is -2.05. The van der Waals surface area contributed by atoms with Gasteiger partial charge in [0.1, 0.15) is 12.7 Å². The van der Waals surface area contributed by atoms with Crippen LogP contribution in [0, 0.1) is 0 Å². The smallest absolute Gasteiger partial charge is 0.138 e. The van der Waals surface area contributed by atoms with Crippen LogP contribution in [0.25, 0.3) is 5.69 Å². The minimum atomic E-state index is 0.637. The Bertz CT molecular complexity index is 743. The van der Waals surface area contributed by atoms with E-state index in [-0.39, 0.29) is 0 Å². The number of hydrogen-bond acceptors (Lipinski definition) is 3. The van der Waals surface area contributed by atoms with E-state index in [4.69, 9.17) is 11.6 Å². The summed E-state index contributed by atoms with van der Waals surface area (Å²) in [5.74, 6) is 0. The SMILES string of the molecule is Clc1cc(Br)ccc1CNc1ccccc1-n1cncn1. The van der Waals surface area contributed by atoms with Crippen LogP contribution in [0.15, 0.2) is 59.6 Å². The van der Waals surface area contributed by atoms with Gasteiger partial charge in [-0.05, 0) is 29.8 Å². The molecule has 0 aliphatic rings. The largest absolute Gasteiger partial charge is 0.379 e. The molecule has 6 heteroatoms. The maximum absolute atomic E-state index is 6.24. The van der Waals surface area contributed by atoms with Crippen molar-refractivity contribution in [3.05, 3.63) is 70.2 Å². The summed E-state index contributed by atoms with van der Waals surface area (Å²) < 4.78 is 2.70. The predicted molar refractivity (Wildman–Crippen MR) is 87.8 cm³/mol. The third-order valence-corrected chi connectivity index (χ3v) is 3.90. The summed E-state index contributed by atoms with van der Waals surface area (Å²) in [6.45, 7) is 0.637. The van der Waals surface area contributed by atoms with Crippen molar-refractivity contribution >= 4 is 33.2 Å². The number of nitrogens with one attached hydrogen (secondary N) is 1. The van der Waals surface area contributed by atoms with E-state index in [0.29, 0.717) is 6.54 Å². The average molecular weight is 364 g/mol. The van der Waals surface area contributed by atoms with E-state index >= 15 is 0 Å². The fourth-order valence-corrected chi connectivity index (χ4v) is 2.75. The lowest BCUT2D eigenvalue weighted by Gasteiger charge is -2.12. The number of hydrogen-bond donors (Lipinski definition) is 1. The Morgan fingerprint density at radius 1 is 1.19 bits per heavy atom. The molecule has 0 aliphatic heterocycles. The quantitative estimate of drug-likeness (QED) is 0.751. The molecule has 0 amide bonds. The van der Waals surface area contributed by atoms with Gasteiger partial charge >= 0.3 is 0 Å². The van der Waals surface area contributed by atoms with Crippen molar-refractivity contribution in [2.75, 3.05) is 5.32 Å². The van der Waals surface area contributed by atoms with Gasteiger partial charge in [0.25, 0.3) is 0 Å². The van der Waals surface area contributed by atoms with Crippen molar-refractivity contribution in [1.82, 2.24) is 14.8 Å². The average Bonchev–Trinajstić information content (AvgIpc) is 3.01. The lowest BCUT2D eigenvalue weighted by molar-refractivity contribution is 0.878. The van der Waals surface area contributed by atoms with Crippen molar-refractivity contribution < 1.29 is 0 Å². The highest BCUT2D eigenvalue weighted by atomic mass is 79.9. The zero-order valence-corrected chi connectivity index (χ0v) is 13.3. The highest BCUT2D eigenvalue weighted by Gasteiger charge is 2.06. The second-order valence-corrected chi connectivity index (χ2v) is 5.77. The second-order valence-electron chi connectivity index (χ2n) is 4.45. The molecule has 0 aliphatic carbocycles. The zero-order chi connectivity index (χ0) is 14.7. The number of aromatic nitrogens is 3. The summed E-state index contributed by atoms with van der Waals surface area (Å²) in [5.41, 5.74) is 2.96. The zero-order valence-electron chi connectivity index (χ0n) is 11.0. The number of halogens is 2. The molecule has 21 heavy (non-hydrogen) atoms. The van der Waals surface area contributed by atoms with Crippen LogP contribution >= 0.6 is 27.5 Å². The van der Waals surface area contributed by atoms with E-state index in [9.17, 15) is 0 Å². The van der Waals surface area contributed by atoms with Crippen molar-refractivity contribution in [2.45, 2.75) is 6.54 Å². The minimum Gasteiger partial charge on any atom is -0.379 e.